The van der Waals surface area contributed by atoms with Crippen molar-refractivity contribution in [3.8, 4) is 0 Å². The van der Waals surface area contributed by atoms with Crippen LogP contribution in [0.1, 0.15) is 19.8 Å². The molecule has 0 atom stereocenters. The maximum atomic E-state index is 4.99. The van der Waals surface area contributed by atoms with E-state index < -0.39 is 0 Å². The van der Waals surface area contributed by atoms with Crippen molar-refractivity contribution in [3.05, 3.63) is 25.0 Å². The highest BCUT2D eigenvalue weighted by Gasteiger charge is 1.72. The summed E-state index contributed by atoms with van der Waals surface area (Å²) in [5.74, 6) is 0. The molecule has 0 rings (SSSR count). The maximum absolute atomic E-state index is 4.99. The summed E-state index contributed by atoms with van der Waals surface area (Å²) in [6.07, 6.45) is 7.75. The smallest absolute Gasteiger partial charge is 0.105 e. The van der Waals surface area contributed by atoms with Gasteiger partial charge in [-0.05, 0) is 12.5 Å². The van der Waals surface area contributed by atoms with Crippen LogP contribution in [0.2, 0.25) is 0 Å². The van der Waals surface area contributed by atoms with Crippen molar-refractivity contribution in [3.63, 3.8) is 0 Å². The van der Waals surface area contributed by atoms with Crippen molar-refractivity contribution in [2.45, 2.75) is 19.8 Å². The van der Waals surface area contributed by atoms with Crippen LogP contribution < -0.4 is 0 Å². The fraction of sp³-hybridized carbons (Fsp3) is 0.500. The number of unbranched alkanes of at least 4 members (excludes halogenated alkanes) is 1. The van der Waals surface area contributed by atoms with Gasteiger partial charge in [0.15, 0.2) is 0 Å². The van der Waals surface area contributed by atoms with E-state index in [9.17, 15) is 0 Å². The second-order valence-electron chi connectivity index (χ2n) is 1.78. The Morgan fingerprint density at radius 1 is 1.56 bits per heavy atom. The van der Waals surface area contributed by atoms with E-state index in [0.29, 0.717) is 6.61 Å². The molecule has 0 unspecified atom stereocenters. The Balaban J connectivity index is 2.94. The molecule has 0 saturated carbocycles. The Hall–Kier alpha value is -0.720. The lowest BCUT2D eigenvalue weighted by Gasteiger charge is -1.91. The van der Waals surface area contributed by atoms with Gasteiger partial charge >= 0.3 is 0 Å². The molecule has 0 saturated heterocycles. The molecule has 0 aliphatic carbocycles. The summed E-state index contributed by atoms with van der Waals surface area (Å²) in [4.78, 5) is 0. The highest BCUT2D eigenvalue weighted by Crippen LogP contribution is 1.88. The molecule has 0 N–H and O–H groups in total. The molecule has 52 valence electrons. The zero-order chi connectivity index (χ0) is 6.95. The monoisotopic (exact) mass is 126 g/mol. The summed E-state index contributed by atoms with van der Waals surface area (Å²) < 4.78 is 4.99. The summed E-state index contributed by atoms with van der Waals surface area (Å²) in [5.41, 5.74) is 0. The zero-order valence-electron chi connectivity index (χ0n) is 5.97. The van der Waals surface area contributed by atoms with Crippen molar-refractivity contribution < 1.29 is 4.74 Å². The van der Waals surface area contributed by atoms with E-state index in [1.54, 1.807) is 12.3 Å². The first-order valence-corrected chi connectivity index (χ1v) is 3.29. The largest absolute Gasteiger partial charge is 0.497 e. The topological polar surface area (TPSA) is 9.23 Å². The fourth-order valence-electron chi connectivity index (χ4n) is 0.426. The van der Waals surface area contributed by atoms with E-state index >= 15 is 0 Å². The van der Waals surface area contributed by atoms with Crippen molar-refractivity contribution in [2.75, 3.05) is 6.61 Å². The molecule has 0 fully saturated rings. The molecular formula is C8H14O. The van der Waals surface area contributed by atoms with E-state index in [1.807, 2.05) is 6.08 Å². The quantitative estimate of drug-likeness (QED) is 0.312. The van der Waals surface area contributed by atoms with E-state index in [2.05, 4.69) is 13.5 Å². The second kappa shape index (κ2) is 7.28. The SMILES string of the molecule is C=CCO/C=C/CCC. The molecular weight excluding hydrogens is 112 g/mol. The van der Waals surface area contributed by atoms with Crippen LogP contribution in [0.4, 0.5) is 0 Å². The van der Waals surface area contributed by atoms with Gasteiger partial charge in [-0.15, -0.1) is 0 Å². The van der Waals surface area contributed by atoms with Crippen LogP contribution in [0, 0.1) is 0 Å². The van der Waals surface area contributed by atoms with Gasteiger partial charge in [-0.2, -0.15) is 0 Å². The average Bonchev–Trinajstić information content (AvgIpc) is 1.89. The third-order valence-electron chi connectivity index (χ3n) is 0.862. The van der Waals surface area contributed by atoms with Crippen LogP contribution in [0.5, 0.6) is 0 Å². The van der Waals surface area contributed by atoms with Gasteiger partial charge in [-0.25, -0.2) is 0 Å². The summed E-state index contributed by atoms with van der Waals surface area (Å²) in [6.45, 7) is 6.27. The summed E-state index contributed by atoms with van der Waals surface area (Å²) in [5, 5.41) is 0. The van der Waals surface area contributed by atoms with Crippen LogP contribution in [-0.4, -0.2) is 6.61 Å². The standard InChI is InChI=1S/C8H14O/c1-3-5-6-8-9-7-4-2/h4,6,8H,2-3,5,7H2,1H3/b8-6+. The third-order valence-corrected chi connectivity index (χ3v) is 0.862. The van der Waals surface area contributed by atoms with Crippen LogP contribution in [0.15, 0.2) is 25.0 Å². The predicted octanol–water partition coefficient (Wildman–Crippen LogP) is 2.50. The minimum atomic E-state index is 0.611. The summed E-state index contributed by atoms with van der Waals surface area (Å²) >= 11 is 0. The third kappa shape index (κ3) is 7.28. The van der Waals surface area contributed by atoms with Gasteiger partial charge in [0.05, 0.1) is 6.26 Å². The van der Waals surface area contributed by atoms with E-state index in [-0.39, 0.29) is 0 Å². The number of hydrogen-bond donors (Lipinski definition) is 0. The second-order valence-corrected chi connectivity index (χ2v) is 1.78. The van der Waals surface area contributed by atoms with Gasteiger partial charge in [-0.3, -0.25) is 0 Å². The first-order valence-electron chi connectivity index (χ1n) is 3.29. The lowest BCUT2D eigenvalue weighted by molar-refractivity contribution is 0.288. The maximum Gasteiger partial charge on any atom is 0.105 e. The van der Waals surface area contributed by atoms with Gasteiger partial charge in [-0.1, -0.05) is 26.0 Å². The molecule has 0 aromatic heterocycles. The fourth-order valence-corrected chi connectivity index (χ4v) is 0.426. The molecule has 9 heavy (non-hydrogen) atoms. The molecule has 0 aromatic carbocycles. The molecule has 0 amide bonds. The van der Waals surface area contributed by atoms with Gasteiger partial charge in [0.25, 0.3) is 0 Å². The molecule has 0 aromatic rings. The van der Waals surface area contributed by atoms with E-state index in [0.717, 1.165) is 6.42 Å². The van der Waals surface area contributed by atoms with E-state index in [4.69, 9.17) is 4.74 Å². The minimum Gasteiger partial charge on any atom is -0.497 e. The number of allylic oxidation sites excluding steroid dienone is 1. The van der Waals surface area contributed by atoms with Crippen LogP contribution in [0.3, 0.4) is 0 Å². The Morgan fingerprint density at radius 3 is 2.89 bits per heavy atom. The minimum absolute atomic E-state index is 0.611. The van der Waals surface area contributed by atoms with Crippen molar-refractivity contribution in [1.82, 2.24) is 0 Å². The molecule has 1 nitrogen and oxygen atoms in total. The van der Waals surface area contributed by atoms with Gasteiger partial charge in [0.2, 0.25) is 0 Å². The molecule has 0 aliphatic rings. The highest BCUT2D eigenvalue weighted by atomic mass is 16.5. The van der Waals surface area contributed by atoms with E-state index in [1.165, 1.54) is 6.42 Å². The molecule has 0 heterocycles. The van der Waals surface area contributed by atoms with Gasteiger partial charge in [0.1, 0.15) is 6.61 Å². The van der Waals surface area contributed by atoms with Crippen LogP contribution in [-0.2, 0) is 4.74 Å². The first kappa shape index (κ1) is 8.28. The van der Waals surface area contributed by atoms with Crippen molar-refractivity contribution in [1.29, 1.82) is 0 Å². The van der Waals surface area contributed by atoms with Crippen LogP contribution >= 0.6 is 0 Å². The lowest BCUT2D eigenvalue weighted by atomic mass is 10.3. The van der Waals surface area contributed by atoms with Crippen molar-refractivity contribution in [2.24, 2.45) is 0 Å². The molecule has 1 heteroatoms. The van der Waals surface area contributed by atoms with Gasteiger partial charge < -0.3 is 4.74 Å². The molecule has 0 radical (unpaired) electrons. The van der Waals surface area contributed by atoms with Crippen LogP contribution in [0.25, 0.3) is 0 Å². The zero-order valence-corrected chi connectivity index (χ0v) is 5.97. The number of hydrogen-bond acceptors (Lipinski definition) is 1. The highest BCUT2D eigenvalue weighted by molar-refractivity contribution is 4.74. The summed E-state index contributed by atoms with van der Waals surface area (Å²) in [7, 11) is 0. The first-order chi connectivity index (χ1) is 4.41. The molecule has 0 spiro atoms. The Morgan fingerprint density at radius 2 is 2.33 bits per heavy atom. The molecule has 0 aliphatic heterocycles. The average molecular weight is 126 g/mol. The Bertz CT molecular complexity index is 84.6. The lowest BCUT2D eigenvalue weighted by Crippen LogP contribution is -1.77. The predicted molar refractivity (Wildman–Crippen MR) is 40.2 cm³/mol. The summed E-state index contributed by atoms with van der Waals surface area (Å²) in [6, 6.07) is 0. The Kier molecular flexibility index (Phi) is 6.70. The number of rotatable bonds is 5. The van der Waals surface area contributed by atoms with Gasteiger partial charge in [0, 0.05) is 0 Å². The Labute approximate surface area is 57.0 Å². The number of ether oxygens (including phenoxy) is 1. The molecule has 0 bridgehead atoms. The van der Waals surface area contributed by atoms with Crippen molar-refractivity contribution >= 4 is 0 Å². The normalized spacial score (nSPS) is 9.89.